The van der Waals surface area contributed by atoms with Gasteiger partial charge in [-0.15, -0.1) is 11.3 Å². The molecule has 0 spiro atoms. The molecule has 3 N–H and O–H groups in total. The molecule has 0 saturated carbocycles. The van der Waals surface area contributed by atoms with Crippen LogP contribution in [0, 0.1) is 0 Å². The average Bonchev–Trinajstić information content (AvgIpc) is 2.95. The molecule has 1 atom stereocenters. The summed E-state index contributed by atoms with van der Waals surface area (Å²) in [4.78, 5) is 2.65. The molecule has 3 rings (SSSR count). The minimum atomic E-state index is -0.709. The molecule has 0 aliphatic heterocycles. The van der Waals surface area contributed by atoms with E-state index < -0.39 is 5.60 Å². The van der Waals surface area contributed by atoms with Gasteiger partial charge in [0.15, 0.2) is 0 Å². The maximum atomic E-state index is 10.9. The summed E-state index contributed by atoms with van der Waals surface area (Å²) in [6.07, 6.45) is 3.50. The third-order valence-electron chi connectivity index (χ3n) is 3.97. The highest BCUT2D eigenvalue weighted by Crippen LogP contribution is 2.41. The second-order valence-electron chi connectivity index (χ2n) is 5.35. The number of anilines is 1. The number of hydrogen-bond acceptors (Lipinski definition) is 3. The SMILES string of the molecule is CCc1ccc(CC2(O)CCc3cc(N)ccc32)s1. The predicted octanol–water partition coefficient (Wildman–Crippen LogP) is 3.27. The lowest BCUT2D eigenvalue weighted by Crippen LogP contribution is -2.24. The van der Waals surface area contributed by atoms with Crippen molar-refractivity contribution < 1.29 is 5.11 Å². The van der Waals surface area contributed by atoms with Gasteiger partial charge in [-0.05, 0) is 54.7 Å². The Bertz CT molecular complexity index is 605. The lowest BCUT2D eigenvalue weighted by molar-refractivity contribution is 0.0398. The molecule has 1 aromatic heterocycles. The molecule has 0 bridgehead atoms. The molecule has 1 aliphatic carbocycles. The van der Waals surface area contributed by atoms with Crippen LogP contribution in [0.25, 0.3) is 0 Å². The van der Waals surface area contributed by atoms with Crippen molar-refractivity contribution in [1.82, 2.24) is 0 Å². The highest BCUT2D eigenvalue weighted by Gasteiger charge is 2.37. The van der Waals surface area contributed by atoms with Crippen LogP contribution in [-0.2, 0) is 24.9 Å². The summed E-state index contributed by atoms with van der Waals surface area (Å²) in [7, 11) is 0. The summed E-state index contributed by atoms with van der Waals surface area (Å²) in [5.74, 6) is 0. The molecular formula is C16H19NOS. The smallest absolute Gasteiger partial charge is 0.0950 e. The fraction of sp³-hybridized carbons (Fsp3) is 0.375. The number of aliphatic hydroxyl groups is 1. The lowest BCUT2D eigenvalue weighted by Gasteiger charge is -2.23. The predicted molar refractivity (Wildman–Crippen MR) is 80.5 cm³/mol. The van der Waals surface area contributed by atoms with E-state index in [9.17, 15) is 5.11 Å². The van der Waals surface area contributed by atoms with Crippen LogP contribution >= 0.6 is 11.3 Å². The number of hydrogen-bond donors (Lipinski definition) is 2. The van der Waals surface area contributed by atoms with Crippen LogP contribution in [0.3, 0.4) is 0 Å². The summed E-state index contributed by atoms with van der Waals surface area (Å²) in [6.45, 7) is 2.16. The van der Waals surface area contributed by atoms with Gasteiger partial charge in [-0.2, -0.15) is 0 Å². The lowest BCUT2D eigenvalue weighted by atomic mass is 9.91. The van der Waals surface area contributed by atoms with E-state index in [0.29, 0.717) is 6.42 Å². The number of fused-ring (bicyclic) bond motifs is 1. The molecular weight excluding hydrogens is 254 g/mol. The summed E-state index contributed by atoms with van der Waals surface area (Å²) in [5.41, 5.74) is 8.16. The Labute approximate surface area is 117 Å². The molecule has 1 heterocycles. The van der Waals surface area contributed by atoms with Crippen molar-refractivity contribution in [2.75, 3.05) is 5.73 Å². The first-order valence-corrected chi connectivity index (χ1v) is 7.61. The van der Waals surface area contributed by atoms with Crippen molar-refractivity contribution in [3.8, 4) is 0 Å². The standard InChI is InChI=1S/C16H19NOS/c1-2-13-4-5-14(19-13)10-16(18)8-7-11-9-12(17)3-6-15(11)16/h3-6,9,18H,2,7-8,10,17H2,1H3. The molecule has 1 aliphatic rings. The Morgan fingerprint density at radius 3 is 2.79 bits per heavy atom. The first-order valence-electron chi connectivity index (χ1n) is 6.79. The van der Waals surface area contributed by atoms with Gasteiger partial charge in [-0.3, -0.25) is 0 Å². The minimum absolute atomic E-state index is 0.709. The van der Waals surface area contributed by atoms with Gasteiger partial charge >= 0.3 is 0 Å². The minimum Gasteiger partial charge on any atom is -0.399 e. The number of benzene rings is 1. The summed E-state index contributed by atoms with van der Waals surface area (Å²) >= 11 is 1.81. The van der Waals surface area contributed by atoms with Crippen LogP contribution in [0.1, 0.15) is 34.2 Å². The Kier molecular flexibility index (Phi) is 3.11. The molecule has 3 heteroatoms. The van der Waals surface area contributed by atoms with Gasteiger partial charge in [0.25, 0.3) is 0 Å². The fourth-order valence-corrected chi connectivity index (χ4v) is 3.99. The van der Waals surface area contributed by atoms with Crippen molar-refractivity contribution in [2.24, 2.45) is 0 Å². The Balaban J connectivity index is 1.89. The fourth-order valence-electron chi connectivity index (χ4n) is 2.93. The number of rotatable bonds is 3. The highest BCUT2D eigenvalue weighted by molar-refractivity contribution is 7.12. The molecule has 19 heavy (non-hydrogen) atoms. The quantitative estimate of drug-likeness (QED) is 0.843. The van der Waals surface area contributed by atoms with E-state index >= 15 is 0 Å². The van der Waals surface area contributed by atoms with Gasteiger partial charge in [0.05, 0.1) is 5.60 Å². The third kappa shape index (κ3) is 2.28. The van der Waals surface area contributed by atoms with Gasteiger partial charge in [0.1, 0.15) is 0 Å². The second-order valence-corrected chi connectivity index (χ2v) is 6.60. The van der Waals surface area contributed by atoms with Crippen molar-refractivity contribution in [3.05, 3.63) is 51.2 Å². The monoisotopic (exact) mass is 273 g/mol. The van der Waals surface area contributed by atoms with Crippen molar-refractivity contribution in [3.63, 3.8) is 0 Å². The molecule has 0 radical (unpaired) electrons. The molecule has 100 valence electrons. The zero-order chi connectivity index (χ0) is 13.5. The largest absolute Gasteiger partial charge is 0.399 e. The van der Waals surface area contributed by atoms with Crippen LogP contribution in [0.15, 0.2) is 30.3 Å². The Morgan fingerprint density at radius 2 is 2.05 bits per heavy atom. The topological polar surface area (TPSA) is 46.2 Å². The third-order valence-corrected chi connectivity index (χ3v) is 5.20. The molecule has 0 saturated heterocycles. The molecule has 0 fully saturated rings. The summed E-state index contributed by atoms with van der Waals surface area (Å²) in [6, 6.07) is 10.2. The van der Waals surface area contributed by atoms with E-state index in [1.807, 2.05) is 29.5 Å². The zero-order valence-electron chi connectivity index (χ0n) is 11.1. The average molecular weight is 273 g/mol. The first kappa shape index (κ1) is 12.7. The van der Waals surface area contributed by atoms with Crippen LogP contribution in [0.2, 0.25) is 0 Å². The number of thiophene rings is 1. The van der Waals surface area contributed by atoms with Crippen molar-refractivity contribution in [2.45, 2.75) is 38.2 Å². The molecule has 2 aromatic rings. The van der Waals surface area contributed by atoms with E-state index in [2.05, 4.69) is 19.1 Å². The normalized spacial score (nSPS) is 21.6. The molecule has 0 amide bonds. The molecule has 1 aromatic carbocycles. The number of aryl methyl sites for hydroxylation is 2. The molecule has 1 unspecified atom stereocenters. The summed E-state index contributed by atoms with van der Waals surface area (Å²) in [5, 5.41) is 10.9. The first-order chi connectivity index (χ1) is 9.10. The Morgan fingerprint density at radius 1 is 1.26 bits per heavy atom. The van der Waals surface area contributed by atoms with E-state index in [1.54, 1.807) is 0 Å². The van der Waals surface area contributed by atoms with Crippen LogP contribution in [0.4, 0.5) is 5.69 Å². The van der Waals surface area contributed by atoms with Crippen molar-refractivity contribution >= 4 is 17.0 Å². The second kappa shape index (κ2) is 4.66. The van der Waals surface area contributed by atoms with Gasteiger partial charge < -0.3 is 10.8 Å². The highest BCUT2D eigenvalue weighted by atomic mass is 32.1. The number of nitrogens with two attached hydrogens (primary N) is 1. The number of nitrogen functional groups attached to an aromatic ring is 1. The van der Waals surface area contributed by atoms with Crippen LogP contribution < -0.4 is 5.73 Å². The van der Waals surface area contributed by atoms with Crippen LogP contribution in [0.5, 0.6) is 0 Å². The maximum absolute atomic E-state index is 10.9. The zero-order valence-corrected chi connectivity index (χ0v) is 12.0. The van der Waals surface area contributed by atoms with E-state index in [1.165, 1.54) is 15.3 Å². The van der Waals surface area contributed by atoms with E-state index in [-0.39, 0.29) is 0 Å². The van der Waals surface area contributed by atoms with E-state index in [0.717, 1.165) is 30.5 Å². The van der Waals surface area contributed by atoms with Crippen LogP contribution in [-0.4, -0.2) is 5.11 Å². The molecule has 2 nitrogen and oxygen atoms in total. The van der Waals surface area contributed by atoms with Gasteiger partial charge in [-0.25, -0.2) is 0 Å². The van der Waals surface area contributed by atoms with Crippen molar-refractivity contribution in [1.29, 1.82) is 0 Å². The van der Waals surface area contributed by atoms with Gasteiger partial charge in [-0.1, -0.05) is 13.0 Å². The van der Waals surface area contributed by atoms with Gasteiger partial charge in [0, 0.05) is 21.9 Å². The van der Waals surface area contributed by atoms with Gasteiger partial charge in [0.2, 0.25) is 0 Å². The van der Waals surface area contributed by atoms with E-state index in [4.69, 9.17) is 5.73 Å². The maximum Gasteiger partial charge on any atom is 0.0950 e. The Hall–Kier alpha value is -1.32. The summed E-state index contributed by atoms with van der Waals surface area (Å²) < 4.78 is 0.